The van der Waals surface area contributed by atoms with Gasteiger partial charge in [0.2, 0.25) is 0 Å². The number of anilines is 2. The van der Waals surface area contributed by atoms with Crippen LogP contribution in [0.2, 0.25) is 0 Å². The smallest absolute Gasteiger partial charge is 0.151 e. The van der Waals surface area contributed by atoms with Crippen molar-refractivity contribution in [1.29, 1.82) is 0 Å². The maximum absolute atomic E-state index is 11.1. The number of nitrogens with two attached hydrogens (primary N) is 1. The number of benzene rings is 1. The summed E-state index contributed by atoms with van der Waals surface area (Å²) in [5.74, 6) is 1.74. The second-order valence-corrected chi connectivity index (χ2v) is 5.32. The summed E-state index contributed by atoms with van der Waals surface area (Å²) in [5, 5.41) is 8.03. The van der Waals surface area contributed by atoms with Crippen LogP contribution in [0.15, 0.2) is 36.4 Å². The minimum atomic E-state index is 0.435. The van der Waals surface area contributed by atoms with Crippen molar-refractivity contribution in [2.75, 3.05) is 23.7 Å². The number of aldehydes is 1. The highest BCUT2D eigenvalue weighted by Gasteiger charge is 2.23. The van der Waals surface area contributed by atoms with Crippen molar-refractivity contribution in [1.82, 2.24) is 10.2 Å². The van der Waals surface area contributed by atoms with E-state index in [1.165, 1.54) is 0 Å². The molecule has 0 atom stereocenters. The molecule has 0 unspecified atom stereocenters. The van der Waals surface area contributed by atoms with Crippen molar-refractivity contribution < 1.29 is 4.79 Å². The number of carbonyl (C=O) groups is 1. The van der Waals surface area contributed by atoms with Gasteiger partial charge in [-0.1, -0.05) is 24.3 Å². The summed E-state index contributed by atoms with van der Waals surface area (Å²) < 4.78 is 0. The van der Waals surface area contributed by atoms with E-state index >= 15 is 0 Å². The first-order chi connectivity index (χ1) is 10.3. The van der Waals surface area contributed by atoms with Gasteiger partial charge >= 0.3 is 0 Å². The predicted molar refractivity (Wildman–Crippen MR) is 82.5 cm³/mol. The molecule has 2 N–H and O–H groups in total. The van der Waals surface area contributed by atoms with Crippen LogP contribution in [0.5, 0.6) is 0 Å². The van der Waals surface area contributed by atoms with Crippen LogP contribution in [0, 0.1) is 0 Å². The number of piperidine rings is 1. The van der Waals surface area contributed by atoms with Gasteiger partial charge in [-0.05, 0) is 36.5 Å². The molecule has 0 aliphatic carbocycles. The van der Waals surface area contributed by atoms with Crippen molar-refractivity contribution in [2.24, 2.45) is 0 Å². The Morgan fingerprint density at radius 3 is 2.52 bits per heavy atom. The summed E-state index contributed by atoms with van der Waals surface area (Å²) in [4.78, 5) is 13.4. The topological polar surface area (TPSA) is 72.1 Å². The van der Waals surface area contributed by atoms with Gasteiger partial charge in [-0.15, -0.1) is 10.2 Å². The lowest BCUT2D eigenvalue weighted by Crippen LogP contribution is -2.33. The standard InChI is InChI=1S/C16H18N4O/c17-15-5-6-16(19-18-15)20-9-7-12(8-10-20)14-4-2-1-3-13(14)11-21/h1-6,11-12H,7-10H2,(H2,17,18). The summed E-state index contributed by atoms with van der Waals surface area (Å²) in [7, 11) is 0. The van der Waals surface area contributed by atoms with Crippen LogP contribution in [-0.2, 0) is 0 Å². The van der Waals surface area contributed by atoms with E-state index in [4.69, 9.17) is 5.73 Å². The van der Waals surface area contributed by atoms with Crippen molar-refractivity contribution in [3.63, 3.8) is 0 Å². The first-order valence-corrected chi connectivity index (χ1v) is 7.16. The van der Waals surface area contributed by atoms with Gasteiger partial charge in [-0.2, -0.15) is 0 Å². The number of hydrogen-bond donors (Lipinski definition) is 1. The fourth-order valence-corrected chi connectivity index (χ4v) is 2.91. The zero-order valence-electron chi connectivity index (χ0n) is 11.8. The van der Waals surface area contributed by atoms with Gasteiger partial charge in [-0.25, -0.2) is 0 Å². The van der Waals surface area contributed by atoms with Gasteiger partial charge in [0.25, 0.3) is 0 Å². The van der Waals surface area contributed by atoms with E-state index in [1.54, 1.807) is 6.07 Å². The molecule has 21 heavy (non-hydrogen) atoms. The summed E-state index contributed by atoms with van der Waals surface area (Å²) in [5.41, 5.74) is 7.53. The first kappa shape index (κ1) is 13.5. The van der Waals surface area contributed by atoms with Gasteiger partial charge in [-0.3, -0.25) is 4.79 Å². The first-order valence-electron chi connectivity index (χ1n) is 7.16. The molecule has 1 saturated heterocycles. The average Bonchev–Trinajstić information content (AvgIpc) is 2.56. The van der Waals surface area contributed by atoms with Gasteiger partial charge < -0.3 is 10.6 Å². The van der Waals surface area contributed by atoms with Crippen molar-refractivity contribution in [3.8, 4) is 0 Å². The van der Waals surface area contributed by atoms with Crippen LogP contribution >= 0.6 is 0 Å². The van der Waals surface area contributed by atoms with Crippen LogP contribution in [0.1, 0.15) is 34.7 Å². The molecule has 0 saturated carbocycles. The van der Waals surface area contributed by atoms with Crippen LogP contribution in [0.4, 0.5) is 11.6 Å². The lowest BCUT2D eigenvalue weighted by molar-refractivity contribution is 0.112. The monoisotopic (exact) mass is 282 g/mol. The molecule has 0 amide bonds. The molecule has 1 fully saturated rings. The summed E-state index contributed by atoms with van der Waals surface area (Å²) in [6.07, 6.45) is 2.97. The fourth-order valence-electron chi connectivity index (χ4n) is 2.91. The van der Waals surface area contributed by atoms with E-state index in [1.807, 2.05) is 24.3 Å². The van der Waals surface area contributed by atoms with Crippen molar-refractivity contribution >= 4 is 17.9 Å². The number of rotatable bonds is 3. The molecule has 5 nitrogen and oxygen atoms in total. The van der Waals surface area contributed by atoms with Crippen LogP contribution in [0.25, 0.3) is 0 Å². The Bertz CT molecular complexity index is 618. The van der Waals surface area contributed by atoms with E-state index in [2.05, 4.69) is 21.2 Å². The molecular formula is C16H18N4O. The maximum atomic E-state index is 11.1. The molecule has 0 bridgehead atoms. The maximum Gasteiger partial charge on any atom is 0.151 e. The normalized spacial score (nSPS) is 15.9. The Kier molecular flexibility index (Phi) is 3.81. The van der Waals surface area contributed by atoms with Gasteiger partial charge in [0.1, 0.15) is 12.1 Å². The SMILES string of the molecule is Nc1ccc(N2CCC(c3ccccc3C=O)CC2)nn1. The number of nitrogens with zero attached hydrogens (tertiary/aromatic N) is 3. The molecule has 1 aromatic carbocycles. The Morgan fingerprint density at radius 1 is 1.10 bits per heavy atom. The molecule has 1 aliphatic heterocycles. The molecular weight excluding hydrogens is 264 g/mol. The van der Waals surface area contributed by atoms with Crippen molar-refractivity contribution in [2.45, 2.75) is 18.8 Å². The molecule has 0 radical (unpaired) electrons. The van der Waals surface area contributed by atoms with E-state index in [9.17, 15) is 4.79 Å². The van der Waals surface area contributed by atoms with Crippen molar-refractivity contribution in [3.05, 3.63) is 47.5 Å². The van der Waals surface area contributed by atoms with Crippen LogP contribution in [0.3, 0.4) is 0 Å². The molecule has 0 spiro atoms. The Balaban J connectivity index is 1.70. The highest BCUT2D eigenvalue weighted by atomic mass is 16.1. The molecule has 1 aliphatic rings. The van der Waals surface area contributed by atoms with E-state index in [0.29, 0.717) is 11.7 Å². The summed E-state index contributed by atoms with van der Waals surface area (Å²) >= 11 is 0. The third kappa shape index (κ3) is 2.86. The van der Waals surface area contributed by atoms with E-state index in [0.717, 1.165) is 49.2 Å². The largest absolute Gasteiger partial charge is 0.382 e. The number of hydrogen-bond acceptors (Lipinski definition) is 5. The number of aromatic nitrogens is 2. The van der Waals surface area contributed by atoms with E-state index < -0.39 is 0 Å². The molecule has 1 aromatic heterocycles. The van der Waals surface area contributed by atoms with E-state index in [-0.39, 0.29) is 0 Å². The highest BCUT2D eigenvalue weighted by molar-refractivity contribution is 5.77. The highest BCUT2D eigenvalue weighted by Crippen LogP contribution is 2.31. The summed E-state index contributed by atoms with van der Waals surface area (Å²) in [6, 6.07) is 11.5. The second-order valence-electron chi connectivity index (χ2n) is 5.32. The average molecular weight is 282 g/mol. The minimum Gasteiger partial charge on any atom is -0.382 e. The quantitative estimate of drug-likeness (QED) is 0.874. The number of carbonyl (C=O) groups excluding carboxylic acids is 1. The Morgan fingerprint density at radius 2 is 1.86 bits per heavy atom. The van der Waals surface area contributed by atoms with Crippen LogP contribution < -0.4 is 10.6 Å². The number of nitrogen functional groups attached to an aromatic ring is 1. The zero-order valence-corrected chi connectivity index (χ0v) is 11.8. The van der Waals surface area contributed by atoms with Crippen LogP contribution in [-0.4, -0.2) is 29.6 Å². The molecule has 108 valence electrons. The second kappa shape index (κ2) is 5.91. The molecule has 2 heterocycles. The molecule has 3 rings (SSSR count). The van der Waals surface area contributed by atoms with Gasteiger partial charge in [0.15, 0.2) is 5.82 Å². The van der Waals surface area contributed by atoms with Gasteiger partial charge in [0.05, 0.1) is 0 Å². The minimum absolute atomic E-state index is 0.435. The fraction of sp³-hybridized carbons (Fsp3) is 0.312. The summed E-state index contributed by atoms with van der Waals surface area (Å²) in [6.45, 7) is 1.83. The lowest BCUT2D eigenvalue weighted by atomic mass is 9.87. The lowest BCUT2D eigenvalue weighted by Gasteiger charge is -2.33. The third-order valence-corrected chi connectivity index (χ3v) is 4.05. The zero-order chi connectivity index (χ0) is 14.7. The molecule has 2 aromatic rings. The Labute approximate surface area is 123 Å². The Hall–Kier alpha value is -2.43. The van der Waals surface area contributed by atoms with Gasteiger partial charge in [0, 0.05) is 18.7 Å². The predicted octanol–water partition coefficient (Wildman–Crippen LogP) is 2.26. The molecule has 5 heteroatoms. The third-order valence-electron chi connectivity index (χ3n) is 4.05.